The molecule has 116 valence electrons. The maximum atomic E-state index is 11.4. The Morgan fingerprint density at radius 2 is 2.24 bits per heavy atom. The summed E-state index contributed by atoms with van der Waals surface area (Å²) in [4.78, 5) is 13.1. The first-order valence-electron chi connectivity index (χ1n) is 7.86. The molecular formula is C17H27N3O. The summed E-state index contributed by atoms with van der Waals surface area (Å²) in [5, 5.41) is 7.15. The second kappa shape index (κ2) is 7.46. The lowest BCUT2D eigenvalue weighted by molar-refractivity contribution is -0.128. The summed E-state index contributed by atoms with van der Waals surface area (Å²) in [6.07, 6.45) is 3.70. The summed E-state index contributed by atoms with van der Waals surface area (Å²) in [6.45, 7) is 5.63. The first-order valence-corrected chi connectivity index (χ1v) is 7.86. The molecule has 0 radical (unpaired) electrons. The monoisotopic (exact) mass is 289 g/mol. The Morgan fingerprint density at radius 1 is 1.48 bits per heavy atom. The van der Waals surface area contributed by atoms with Gasteiger partial charge in [0, 0.05) is 38.3 Å². The molecule has 0 aliphatic carbocycles. The van der Waals surface area contributed by atoms with Crippen molar-refractivity contribution in [1.82, 2.24) is 10.2 Å². The topological polar surface area (TPSA) is 44.4 Å². The minimum atomic E-state index is 0.0907. The van der Waals surface area contributed by atoms with Gasteiger partial charge in [-0.1, -0.05) is 18.2 Å². The van der Waals surface area contributed by atoms with Gasteiger partial charge in [0.05, 0.1) is 0 Å². The zero-order valence-corrected chi connectivity index (χ0v) is 13.4. The van der Waals surface area contributed by atoms with Gasteiger partial charge in [-0.3, -0.25) is 4.79 Å². The summed E-state index contributed by atoms with van der Waals surface area (Å²) < 4.78 is 0. The van der Waals surface area contributed by atoms with Gasteiger partial charge >= 0.3 is 0 Å². The molecule has 1 aromatic rings. The Hall–Kier alpha value is -1.55. The van der Waals surface area contributed by atoms with E-state index in [2.05, 4.69) is 29.7 Å². The lowest BCUT2D eigenvalue weighted by atomic mass is 10.1. The second-order valence-corrected chi connectivity index (χ2v) is 6.11. The van der Waals surface area contributed by atoms with Crippen LogP contribution in [-0.4, -0.2) is 36.5 Å². The minimum absolute atomic E-state index is 0.0907. The summed E-state index contributed by atoms with van der Waals surface area (Å²) in [5.41, 5.74) is 2.30. The maximum Gasteiger partial charge on any atom is 0.219 e. The molecule has 1 aromatic carbocycles. The van der Waals surface area contributed by atoms with Crippen molar-refractivity contribution >= 4 is 11.6 Å². The van der Waals surface area contributed by atoms with Gasteiger partial charge in [0.25, 0.3) is 0 Å². The van der Waals surface area contributed by atoms with Crippen molar-refractivity contribution in [3.8, 4) is 0 Å². The van der Waals surface area contributed by atoms with E-state index in [1.807, 2.05) is 19.2 Å². The molecule has 2 N–H and O–H groups in total. The number of benzene rings is 1. The van der Waals surface area contributed by atoms with E-state index in [9.17, 15) is 4.79 Å². The van der Waals surface area contributed by atoms with Gasteiger partial charge in [-0.25, -0.2) is 0 Å². The second-order valence-electron chi connectivity index (χ2n) is 6.11. The number of nitrogens with zero attached hydrogens (tertiary/aromatic N) is 1. The van der Waals surface area contributed by atoms with Crippen molar-refractivity contribution in [2.45, 2.75) is 51.7 Å². The first-order chi connectivity index (χ1) is 10.1. The molecule has 2 rings (SSSR count). The molecule has 0 bridgehead atoms. The van der Waals surface area contributed by atoms with E-state index in [0.29, 0.717) is 18.6 Å². The van der Waals surface area contributed by atoms with Gasteiger partial charge in [0.1, 0.15) is 0 Å². The third kappa shape index (κ3) is 4.74. The van der Waals surface area contributed by atoms with Crippen LogP contribution >= 0.6 is 0 Å². The van der Waals surface area contributed by atoms with Crippen molar-refractivity contribution in [2.24, 2.45) is 0 Å². The summed E-state index contributed by atoms with van der Waals surface area (Å²) in [7, 11) is 1.84. The highest BCUT2D eigenvalue weighted by atomic mass is 16.2. The van der Waals surface area contributed by atoms with Crippen LogP contribution in [0.5, 0.6) is 0 Å². The number of carbonyl (C=O) groups excluding carboxylic acids is 1. The Bertz CT molecular complexity index is 469. The summed E-state index contributed by atoms with van der Waals surface area (Å²) in [5.74, 6) is 0.0907. The molecule has 4 heteroatoms. The predicted octanol–water partition coefficient (Wildman–Crippen LogP) is 2.61. The predicted molar refractivity (Wildman–Crippen MR) is 87.3 cm³/mol. The molecule has 21 heavy (non-hydrogen) atoms. The van der Waals surface area contributed by atoms with Crippen molar-refractivity contribution in [1.29, 1.82) is 0 Å². The molecule has 4 nitrogen and oxygen atoms in total. The molecule has 1 heterocycles. The van der Waals surface area contributed by atoms with E-state index in [0.717, 1.165) is 18.7 Å². The van der Waals surface area contributed by atoms with Crippen LogP contribution in [0.15, 0.2) is 24.3 Å². The molecule has 1 aliphatic heterocycles. The van der Waals surface area contributed by atoms with Crippen molar-refractivity contribution in [2.75, 3.05) is 18.9 Å². The van der Waals surface area contributed by atoms with Gasteiger partial charge in [-0.15, -0.1) is 0 Å². The molecule has 2 atom stereocenters. The first kappa shape index (κ1) is 15.8. The quantitative estimate of drug-likeness (QED) is 0.846. The molecule has 1 fully saturated rings. The molecule has 2 unspecified atom stereocenters. The van der Waals surface area contributed by atoms with Crippen LogP contribution < -0.4 is 10.6 Å². The van der Waals surface area contributed by atoms with Crippen LogP contribution in [0.2, 0.25) is 0 Å². The number of carbonyl (C=O) groups is 1. The highest BCUT2D eigenvalue weighted by Crippen LogP contribution is 2.20. The lowest BCUT2D eigenvalue weighted by Gasteiger charge is -2.23. The van der Waals surface area contributed by atoms with Crippen LogP contribution in [0, 0.1) is 0 Å². The Kier molecular flexibility index (Phi) is 5.62. The van der Waals surface area contributed by atoms with Crippen molar-refractivity contribution < 1.29 is 4.79 Å². The van der Waals surface area contributed by atoms with Crippen molar-refractivity contribution in [3.05, 3.63) is 29.8 Å². The van der Waals surface area contributed by atoms with Gasteiger partial charge in [0.2, 0.25) is 5.91 Å². The fourth-order valence-corrected chi connectivity index (χ4v) is 2.87. The average molecular weight is 289 g/mol. The van der Waals surface area contributed by atoms with Gasteiger partial charge in [-0.05, 0) is 44.4 Å². The van der Waals surface area contributed by atoms with E-state index in [-0.39, 0.29) is 5.91 Å². The smallest absolute Gasteiger partial charge is 0.219 e. The summed E-state index contributed by atoms with van der Waals surface area (Å²) in [6, 6.07) is 9.31. The Balaban J connectivity index is 1.96. The largest absolute Gasteiger partial charge is 0.382 e. The number of para-hydroxylation sites is 1. The van der Waals surface area contributed by atoms with E-state index in [1.54, 1.807) is 11.8 Å². The van der Waals surface area contributed by atoms with Crippen LogP contribution in [0.1, 0.15) is 38.7 Å². The summed E-state index contributed by atoms with van der Waals surface area (Å²) >= 11 is 0. The minimum Gasteiger partial charge on any atom is -0.382 e. The SMILES string of the molecule is CC(=O)N(C)Cc1ccccc1NC(C)CC1CCCN1. The molecule has 0 spiro atoms. The molecule has 1 amide bonds. The number of hydrogen-bond donors (Lipinski definition) is 2. The third-order valence-electron chi connectivity index (χ3n) is 4.16. The Labute approximate surface area is 127 Å². The molecular weight excluding hydrogens is 262 g/mol. The number of amides is 1. The van der Waals surface area contributed by atoms with Crippen LogP contribution in [0.3, 0.4) is 0 Å². The highest BCUT2D eigenvalue weighted by molar-refractivity contribution is 5.73. The highest BCUT2D eigenvalue weighted by Gasteiger charge is 2.17. The van der Waals surface area contributed by atoms with E-state index >= 15 is 0 Å². The number of hydrogen-bond acceptors (Lipinski definition) is 3. The van der Waals surface area contributed by atoms with Crippen molar-refractivity contribution in [3.63, 3.8) is 0 Å². The standard InChI is InChI=1S/C17H27N3O/c1-13(11-16-8-6-10-18-16)19-17-9-5-4-7-15(17)12-20(3)14(2)21/h4-5,7,9,13,16,18-19H,6,8,10-12H2,1-3H3. The maximum absolute atomic E-state index is 11.4. The molecule has 0 aromatic heterocycles. The van der Waals surface area contributed by atoms with Crippen LogP contribution in [-0.2, 0) is 11.3 Å². The fourth-order valence-electron chi connectivity index (χ4n) is 2.87. The van der Waals surface area contributed by atoms with Gasteiger partial charge in [0.15, 0.2) is 0 Å². The zero-order chi connectivity index (χ0) is 15.2. The van der Waals surface area contributed by atoms with E-state index in [1.165, 1.54) is 18.4 Å². The molecule has 1 aliphatic rings. The molecule has 0 saturated carbocycles. The Morgan fingerprint density at radius 3 is 2.90 bits per heavy atom. The van der Waals surface area contributed by atoms with Crippen LogP contribution in [0.25, 0.3) is 0 Å². The van der Waals surface area contributed by atoms with E-state index in [4.69, 9.17) is 0 Å². The van der Waals surface area contributed by atoms with Gasteiger partial charge < -0.3 is 15.5 Å². The number of nitrogens with one attached hydrogen (secondary N) is 2. The third-order valence-corrected chi connectivity index (χ3v) is 4.16. The number of rotatable bonds is 6. The average Bonchev–Trinajstić information content (AvgIpc) is 2.93. The fraction of sp³-hybridized carbons (Fsp3) is 0.588. The lowest BCUT2D eigenvalue weighted by Crippen LogP contribution is -2.30. The molecule has 1 saturated heterocycles. The zero-order valence-electron chi connectivity index (χ0n) is 13.4. The van der Waals surface area contributed by atoms with Gasteiger partial charge in [-0.2, -0.15) is 0 Å². The van der Waals surface area contributed by atoms with Crippen LogP contribution in [0.4, 0.5) is 5.69 Å². The number of anilines is 1. The van der Waals surface area contributed by atoms with E-state index < -0.39 is 0 Å². The normalized spacial score (nSPS) is 19.3.